The van der Waals surface area contributed by atoms with Gasteiger partial charge in [-0.3, -0.25) is 4.79 Å². The first kappa shape index (κ1) is 19.4. The van der Waals surface area contributed by atoms with Crippen molar-refractivity contribution in [1.29, 1.82) is 0 Å². The second-order valence-electron chi connectivity index (χ2n) is 8.25. The second kappa shape index (κ2) is 7.33. The van der Waals surface area contributed by atoms with Crippen LogP contribution in [0.4, 0.5) is 5.82 Å². The van der Waals surface area contributed by atoms with Crippen LogP contribution in [0.3, 0.4) is 0 Å². The van der Waals surface area contributed by atoms with Crippen LogP contribution in [0.5, 0.6) is 0 Å². The Morgan fingerprint density at radius 3 is 2.65 bits per heavy atom. The van der Waals surface area contributed by atoms with E-state index in [0.717, 1.165) is 46.7 Å². The molecule has 26 heavy (non-hydrogen) atoms. The summed E-state index contributed by atoms with van der Waals surface area (Å²) in [6.45, 7) is 10.6. The molecule has 1 fully saturated rings. The number of thiophene rings is 1. The Bertz CT molecular complexity index is 784. The molecule has 7 heteroatoms. The lowest BCUT2D eigenvalue weighted by Crippen LogP contribution is -2.38. The van der Waals surface area contributed by atoms with E-state index < -0.39 is 5.41 Å². The van der Waals surface area contributed by atoms with Gasteiger partial charge < -0.3 is 10.6 Å². The molecule has 0 atom stereocenters. The molecule has 1 aliphatic rings. The summed E-state index contributed by atoms with van der Waals surface area (Å²) in [5.41, 5.74) is 0.488. The van der Waals surface area contributed by atoms with Crippen LogP contribution in [-0.2, 0) is 12.0 Å². The minimum Gasteiger partial charge on any atom is -0.365 e. The molecule has 0 radical (unpaired) electrons. The van der Waals surface area contributed by atoms with Crippen molar-refractivity contribution < 1.29 is 4.79 Å². The quantitative estimate of drug-likeness (QED) is 0.799. The third kappa shape index (κ3) is 4.13. The Morgan fingerprint density at radius 1 is 1.38 bits per heavy atom. The molecule has 142 valence electrons. The Balaban J connectivity index is 1.90. The predicted molar refractivity (Wildman–Crippen MR) is 108 cm³/mol. The van der Waals surface area contributed by atoms with Gasteiger partial charge in [-0.05, 0) is 38.1 Å². The van der Waals surface area contributed by atoms with Crippen molar-refractivity contribution in [3.63, 3.8) is 0 Å². The van der Waals surface area contributed by atoms with Gasteiger partial charge in [0.2, 0.25) is 0 Å². The topological polar surface area (TPSA) is 59.0 Å². The fourth-order valence-corrected chi connectivity index (χ4v) is 4.16. The molecule has 2 N–H and O–H groups in total. The smallest absolute Gasteiger partial charge is 0.254 e. The second-order valence-corrected chi connectivity index (χ2v) is 10.1. The standard InChI is InChI=1S/C19H27ClN4OS/c1-18(2,3)17(25)24-16(22-12-13-5-6-15(20)26-13)11-14(23-24)19(4)7-9-21-10-8-19/h5-6,11,21-22H,7-10,12H2,1-4H3. The summed E-state index contributed by atoms with van der Waals surface area (Å²) in [7, 11) is 0. The molecule has 2 aromatic heterocycles. The fraction of sp³-hybridized carbons (Fsp3) is 0.579. The number of hydrogen-bond donors (Lipinski definition) is 2. The summed E-state index contributed by atoms with van der Waals surface area (Å²) in [6, 6.07) is 5.94. The van der Waals surface area contributed by atoms with E-state index in [1.165, 1.54) is 0 Å². The number of carbonyl (C=O) groups is 1. The number of carbonyl (C=O) groups excluding carboxylic acids is 1. The highest BCUT2D eigenvalue weighted by Crippen LogP contribution is 2.34. The lowest BCUT2D eigenvalue weighted by atomic mass is 9.78. The molecule has 0 aromatic carbocycles. The van der Waals surface area contributed by atoms with Crippen molar-refractivity contribution in [1.82, 2.24) is 15.1 Å². The monoisotopic (exact) mass is 394 g/mol. The average Bonchev–Trinajstić information content (AvgIpc) is 3.18. The Hall–Kier alpha value is -1.37. The number of hydrogen-bond acceptors (Lipinski definition) is 5. The Labute approximate surface area is 164 Å². The van der Waals surface area contributed by atoms with Gasteiger partial charge in [0, 0.05) is 21.8 Å². The third-order valence-corrected chi connectivity index (χ3v) is 6.17. The fourth-order valence-electron chi connectivity index (χ4n) is 3.13. The molecule has 3 heterocycles. The first-order valence-corrected chi connectivity index (χ1v) is 10.2. The van der Waals surface area contributed by atoms with Gasteiger partial charge in [-0.1, -0.05) is 39.3 Å². The molecule has 0 amide bonds. The normalized spacial score (nSPS) is 17.3. The van der Waals surface area contributed by atoms with E-state index in [9.17, 15) is 4.79 Å². The highest BCUT2D eigenvalue weighted by atomic mass is 35.5. The lowest BCUT2D eigenvalue weighted by Gasteiger charge is -2.32. The number of piperidine rings is 1. The molecule has 0 unspecified atom stereocenters. The summed E-state index contributed by atoms with van der Waals surface area (Å²) in [6.07, 6.45) is 2.04. The zero-order valence-corrected chi connectivity index (χ0v) is 17.4. The number of anilines is 1. The van der Waals surface area contributed by atoms with E-state index in [-0.39, 0.29) is 11.3 Å². The number of nitrogens with one attached hydrogen (secondary N) is 2. The van der Waals surface area contributed by atoms with Crippen molar-refractivity contribution in [2.24, 2.45) is 5.41 Å². The van der Waals surface area contributed by atoms with Crippen LogP contribution in [0.1, 0.15) is 55.9 Å². The minimum atomic E-state index is -0.499. The van der Waals surface area contributed by atoms with E-state index in [1.54, 1.807) is 16.0 Å². The minimum absolute atomic E-state index is 0.00264. The van der Waals surface area contributed by atoms with Gasteiger partial charge in [0.15, 0.2) is 0 Å². The summed E-state index contributed by atoms with van der Waals surface area (Å²) in [4.78, 5) is 14.1. The molecule has 1 aliphatic heterocycles. The van der Waals surface area contributed by atoms with E-state index in [0.29, 0.717) is 6.54 Å². The Morgan fingerprint density at radius 2 is 2.08 bits per heavy atom. The van der Waals surface area contributed by atoms with E-state index in [1.807, 2.05) is 39.0 Å². The van der Waals surface area contributed by atoms with Crippen LogP contribution >= 0.6 is 22.9 Å². The van der Waals surface area contributed by atoms with E-state index in [4.69, 9.17) is 16.7 Å². The van der Waals surface area contributed by atoms with Crippen molar-refractivity contribution in [2.75, 3.05) is 18.4 Å². The average molecular weight is 395 g/mol. The summed E-state index contributed by atoms with van der Waals surface area (Å²) < 4.78 is 2.32. The molecule has 0 saturated carbocycles. The predicted octanol–water partition coefficient (Wildman–Crippen LogP) is 4.54. The number of halogens is 1. The molecule has 5 nitrogen and oxygen atoms in total. The SMILES string of the molecule is CC(C)(C)C(=O)n1nc(C2(C)CCNCC2)cc1NCc1ccc(Cl)s1. The maximum atomic E-state index is 12.9. The molecular formula is C19H27ClN4OS. The van der Waals surface area contributed by atoms with Gasteiger partial charge in [0.1, 0.15) is 5.82 Å². The van der Waals surface area contributed by atoms with Gasteiger partial charge in [0.25, 0.3) is 5.91 Å². The zero-order chi connectivity index (χ0) is 18.9. The van der Waals surface area contributed by atoms with Crippen LogP contribution in [0.2, 0.25) is 4.34 Å². The van der Waals surface area contributed by atoms with Gasteiger partial charge >= 0.3 is 0 Å². The van der Waals surface area contributed by atoms with Crippen LogP contribution in [0.15, 0.2) is 18.2 Å². The first-order valence-electron chi connectivity index (χ1n) is 9.03. The molecule has 2 aromatic rings. The highest BCUT2D eigenvalue weighted by molar-refractivity contribution is 7.16. The van der Waals surface area contributed by atoms with Crippen LogP contribution in [0.25, 0.3) is 0 Å². The van der Waals surface area contributed by atoms with E-state index >= 15 is 0 Å². The van der Waals surface area contributed by atoms with Crippen molar-refractivity contribution in [2.45, 2.75) is 52.5 Å². The molecular weight excluding hydrogens is 368 g/mol. The summed E-state index contributed by atoms with van der Waals surface area (Å²) >= 11 is 7.56. The van der Waals surface area contributed by atoms with Crippen molar-refractivity contribution in [3.8, 4) is 0 Å². The van der Waals surface area contributed by atoms with Crippen molar-refractivity contribution >= 4 is 34.7 Å². The summed E-state index contributed by atoms with van der Waals surface area (Å²) in [5.74, 6) is 0.747. The zero-order valence-electron chi connectivity index (χ0n) is 15.9. The Kier molecular flexibility index (Phi) is 5.47. The van der Waals surface area contributed by atoms with Crippen LogP contribution in [-0.4, -0.2) is 28.8 Å². The van der Waals surface area contributed by atoms with Crippen molar-refractivity contribution in [3.05, 3.63) is 33.1 Å². The van der Waals surface area contributed by atoms with Gasteiger partial charge in [-0.25, -0.2) is 0 Å². The molecule has 1 saturated heterocycles. The van der Waals surface area contributed by atoms with Gasteiger partial charge in [-0.15, -0.1) is 11.3 Å². The number of aromatic nitrogens is 2. The maximum absolute atomic E-state index is 12.9. The number of rotatable bonds is 4. The van der Waals surface area contributed by atoms with Gasteiger partial charge in [-0.2, -0.15) is 9.78 Å². The first-order chi connectivity index (χ1) is 12.2. The third-order valence-electron chi connectivity index (χ3n) is 4.94. The number of nitrogens with zero attached hydrogens (tertiary/aromatic N) is 2. The van der Waals surface area contributed by atoms with E-state index in [2.05, 4.69) is 17.6 Å². The molecule has 0 bridgehead atoms. The maximum Gasteiger partial charge on any atom is 0.254 e. The highest BCUT2D eigenvalue weighted by Gasteiger charge is 2.34. The molecule has 3 rings (SSSR count). The molecule has 0 spiro atoms. The molecule has 0 aliphatic carbocycles. The largest absolute Gasteiger partial charge is 0.365 e. The summed E-state index contributed by atoms with van der Waals surface area (Å²) in [5, 5.41) is 11.5. The van der Waals surface area contributed by atoms with Crippen LogP contribution in [0, 0.1) is 5.41 Å². The lowest BCUT2D eigenvalue weighted by molar-refractivity contribution is 0.0750. The van der Waals surface area contributed by atoms with Gasteiger partial charge in [0.05, 0.1) is 16.6 Å². The van der Waals surface area contributed by atoms with Crippen LogP contribution < -0.4 is 10.6 Å².